The second-order valence-electron chi connectivity index (χ2n) is 5.35. The quantitative estimate of drug-likeness (QED) is 0.913. The highest BCUT2D eigenvalue weighted by molar-refractivity contribution is 5.96. The fourth-order valence-electron chi connectivity index (χ4n) is 2.72. The maximum atomic E-state index is 12.8. The lowest BCUT2D eigenvalue weighted by atomic mass is 10.1. The van der Waals surface area contributed by atoms with Crippen LogP contribution in [0.1, 0.15) is 33.6 Å². The Bertz CT molecular complexity index is 695. The first kappa shape index (κ1) is 15.4. The third-order valence-corrected chi connectivity index (χ3v) is 3.87. The van der Waals surface area contributed by atoms with E-state index in [2.05, 4.69) is 20.4 Å². The van der Waals surface area contributed by atoms with E-state index in [9.17, 15) is 4.79 Å². The summed E-state index contributed by atoms with van der Waals surface area (Å²) in [5.74, 6) is 1.10. The molecular weight excluding hydrogens is 298 g/mol. The second-order valence-corrected chi connectivity index (χ2v) is 5.35. The molecule has 8 nitrogen and oxygen atoms in total. The minimum Gasteiger partial charge on any atom is -0.372 e. The number of hydrogen-bond donors (Lipinski definition) is 1. The zero-order valence-electron chi connectivity index (χ0n) is 13.4. The van der Waals surface area contributed by atoms with Crippen LogP contribution in [-0.2, 0) is 4.74 Å². The average molecular weight is 317 g/mol. The lowest BCUT2D eigenvalue weighted by Gasteiger charge is -2.33. The number of anilines is 1. The monoisotopic (exact) mass is 317 g/mol. The molecule has 1 atom stereocenters. The van der Waals surface area contributed by atoms with Gasteiger partial charge in [-0.05, 0) is 13.8 Å². The number of carbonyl (C=O) groups is 1. The van der Waals surface area contributed by atoms with Crippen molar-refractivity contribution in [2.24, 2.45) is 0 Å². The second kappa shape index (κ2) is 6.33. The molecule has 1 aliphatic rings. The molecule has 8 heteroatoms. The molecule has 2 aromatic rings. The van der Waals surface area contributed by atoms with Gasteiger partial charge >= 0.3 is 0 Å². The molecule has 1 unspecified atom stereocenters. The summed E-state index contributed by atoms with van der Waals surface area (Å²) in [6.07, 6.45) is 2.92. The van der Waals surface area contributed by atoms with Crippen molar-refractivity contribution in [1.82, 2.24) is 20.0 Å². The maximum Gasteiger partial charge on any atom is 0.259 e. The number of rotatable bonds is 3. The molecule has 0 spiro atoms. The van der Waals surface area contributed by atoms with Crippen molar-refractivity contribution >= 4 is 11.7 Å². The van der Waals surface area contributed by atoms with Gasteiger partial charge in [0, 0.05) is 26.0 Å². The number of aryl methyl sites for hydroxylation is 2. The largest absolute Gasteiger partial charge is 0.372 e. The van der Waals surface area contributed by atoms with Crippen molar-refractivity contribution in [2.75, 3.05) is 32.1 Å². The van der Waals surface area contributed by atoms with Crippen molar-refractivity contribution in [2.45, 2.75) is 20.0 Å². The maximum absolute atomic E-state index is 12.8. The molecule has 3 heterocycles. The zero-order valence-corrected chi connectivity index (χ0v) is 13.4. The summed E-state index contributed by atoms with van der Waals surface area (Å²) >= 11 is 0. The lowest BCUT2D eigenvalue weighted by molar-refractivity contribution is -0.0246. The standard InChI is InChI=1S/C15H19N5O3/c1-9-12(10(2)23-19-9)15(21)20-6-7-22-11(8-20)13-14(16-3)18-5-4-17-13/h4-5,11H,6-8H2,1-3H3,(H,16,18). The summed E-state index contributed by atoms with van der Waals surface area (Å²) in [4.78, 5) is 23.1. The van der Waals surface area contributed by atoms with Crippen molar-refractivity contribution in [3.8, 4) is 0 Å². The molecule has 0 bridgehead atoms. The molecule has 1 fully saturated rings. The smallest absolute Gasteiger partial charge is 0.259 e. The van der Waals surface area contributed by atoms with Gasteiger partial charge in [0.05, 0.1) is 18.8 Å². The summed E-state index contributed by atoms with van der Waals surface area (Å²) in [5, 5.41) is 6.85. The van der Waals surface area contributed by atoms with Crippen LogP contribution in [0.25, 0.3) is 0 Å². The number of aromatic nitrogens is 3. The van der Waals surface area contributed by atoms with Crippen molar-refractivity contribution < 1.29 is 14.1 Å². The van der Waals surface area contributed by atoms with E-state index in [1.165, 1.54) is 0 Å². The van der Waals surface area contributed by atoms with Gasteiger partial charge in [0.15, 0.2) is 0 Å². The normalized spacial score (nSPS) is 18.0. The van der Waals surface area contributed by atoms with Crippen molar-refractivity contribution in [3.05, 3.63) is 35.1 Å². The zero-order chi connectivity index (χ0) is 16.4. The summed E-state index contributed by atoms with van der Waals surface area (Å²) < 4.78 is 10.9. The van der Waals surface area contributed by atoms with Gasteiger partial charge in [-0.25, -0.2) is 4.98 Å². The Balaban J connectivity index is 1.82. The first-order valence-corrected chi connectivity index (χ1v) is 7.44. The van der Waals surface area contributed by atoms with Gasteiger partial charge < -0.3 is 19.5 Å². The van der Waals surface area contributed by atoms with Gasteiger partial charge in [-0.15, -0.1) is 0 Å². The molecule has 0 radical (unpaired) electrons. The molecule has 0 aromatic carbocycles. The molecule has 122 valence electrons. The molecule has 1 amide bonds. The van der Waals surface area contributed by atoms with Gasteiger partial charge in [0.2, 0.25) is 0 Å². The van der Waals surface area contributed by atoms with E-state index in [1.54, 1.807) is 38.2 Å². The number of amides is 1. The van der Waals surface area contributed by atoms with E-state index < -0.39 is 0 Å². The molecule has 23 heavy (non-hydrogen) atoms. The number of carbonyl (C=O) groups excluding carboxylic acids is 1. The third-order valence-electron chi connectivity index (χ3n) is 3.87. The van der Waals surface area contributed by atoms with Crippen LogP contribution in [0.3, 0.4) is 0 Å². The molecule has 0 aliphatic carbocycles. The minimum atomic E-state index is -0.315. The fourth-order valence-corrected chi connectivity index (χ4v) is 2.72. The SMILES string of the molecule is CNc1nccnc1C1CN(C(=O)c2c(C)noc2C)CCO1. The molecule has 1 aliphatic heterocycles. The van der Waals surface area contributed by atoms with E-state index in [1.807, 2.05) is 0 Å². The summed E-state index contributed by atoms with van der Waals surface area (Å²) in [6.45, 7) is 4.89. The van der Waals surface area contributed by atoms with Crippen molar-refractivity contribution in [3.63, 3.8) is 0 Å². The van der Waals surface area contributed by atoms with Crippen LogP contribution in [-0.4, -0.2) is 52.7 Å². The summed E-state index contributed by atoms with van der Waals surface area (Å²) in [7, 11) is 1.78. The number of nitrogens with one attached hydrogen (secondary N) is 1. The number of ether oxygens (including phenoxy) is 1. The molecule has 1 N–H and O–H groups in total. The first-order valence-electron chi connectivity index (χ1n) is 7.44. The van der Waals surface area contributed by atoms with Gasteiger partial charge in [-0.3, -0.25) is 9.78 Å². The highest BCUT2D eigenvalue weighted by atomic mass is 16.5. The van der Waals surface area contributed by atoms with Crippen LogP contribution in [0, 0.1) is 13.8 Å². The van der Waals surface area contributed by atoms with E-state index in [0.717, 1.165) is 0 Å². The van der Waals surface area contributed by atoms with E-state index in [4.69, 9.17) is 9.26 Å². The Labute approximate surface area is 133 Å². The van der Waals surface area contributed by atoms with Gasteiger partial charge in [0.25, 0.3) is 5.91 Å². The Morgan fingerprint density at radius 1 is 1.35 bits per heavy atom. The number of hydrogen-bond acceptors (Lipinski definition) is 7. The van der Waals surface area contributed by atoms with E-state index in [0.29, 0.717) is 48.2 Å². The van der Waals surface area contributed by atoms with Gasteiger partial charge in [0.1, 0.15) is 28.9 Å². The summed E-state index contributed by atoms with van der Waals surface area (Å²) in [6, 6.07) is 0. The molecule has 0 saturated carbocycles. The van der Waals surface area contributed by atoms with E-state index in [-0.39, 0.29) is 12.0 Å². The van der Waals surface area contributed by atoms with E-state index >= 15 is 0 Å². The number of morpholine rings is 1. The van der Waals surface area contributed by atoms with Crippen LogP contribution in [0.15, 0.2) is 16.9 Å². The molecular formula is C15H19N5O3. The first-order chi connectivity index (χ1) is 11.1. The average Bonchev–Trinajstić information content (AvgIpc) is 2.93. The Hall–Kier alpha value is -2.48. The predicted molar refractivity (Wildman–Crippen MR) is 82.2 cm³/mol. The summed E-state index contributed by atoms with van der Waals surface area (Å²) in [5.41, 5.74) is 1.83. The number of nitrogens with zero attached hydrogens (tertiary/aromatic N) is 4. The van der Waals surface area contributed by atoms with Crippen LogP contribution in [0.5, 0.6) is 0 Å². The Morgan fingerprint density at radius 3 is 2.83 bits per heavy atom. The fraction of sp³-hybridized carbons (Fsp3) is 0.467. The Kier molecular flexibility index (Phi) is 4.24. The predicted octanol–water partition coefficient (Wildman–Crippen LogP) is 1.34. The van der Waals surface area contributed by atoms with Crippen LogP contribution < -0.4 is 5.32 Å². The van der Waals surface area contributed by atoms with Gasteiger partial charge in [-0.1, -0.05) is 5.16 Å². The molecule has 2 aromatic heterocycles. The third kappa shape index (κ3) is 2.89. The highest BCUT2D eigenvalue weighted by Gasteiger charge is 2.31. The van der Waals surface area contributed by atoms with Gasteiger partial charge in [-0.2, -0.15) is 0 Å². The highest BCUT2D eigenvalue weighted by Crippen LogP contribution is 2.26. The Morgan fingerprint density at radius 2 is 2.13 bits per heavy atom. The van der Waals surface area contributed by atoms with Crippen LogP contribution >= 0.6 is 0 Å². The molecule has 1 saturated heterocycles. The van der Waals surface area contributed by atoms with Crippen LogP contribution in [0.2, 0.25) is 0 Å². The topological polar surface area (TPSA) is 93.4 Å². The van der Waals surface area contributed by atoms with Crippen molar-refractivity contribution in [1.29, 1.82) is 0 Å². The minimum absolute atomic E-state index is 0.0931. The lowest BCUT2D eigenvalue weighted by Crippen LogP contribution is -2.43. The molecule has 3 rings (SSSR count). The van der Waals surface area contributed by atoms with Crippen LogP contribution in [0.4, 0.5) is 5.82 Å².